The number of hydrogen-bond donors (Lipinski definition) is 2. The van der Waals surface area contributed by atoms with Crippen LogP contribution in [0.5, 0.6) is 0 Å². The number of nitrogens with zero attached hydrogens (tertiary/aromatic N) is 1. The van der Waals surface area contributed by atoms with Gasteiger partial charge in [0.15, 0.2) is 0 Å². The summed E-state index contributed by atoms with van der Waals surface area (Å²) in [6.07, 6.45) is 4.30. The zero-order valence-corrected chi connectivity index (χ0v) is 11.5. The third-order valence-electron chi connectivity index (χ3n) is 4.32. The quantitative estimate of drug-likeness (QED) is 0.809. The van der Waals surface area contributed by atoms with Crippen molar-refractivity contribution < 1.29 is 14.7 Å². The summed E-state index contributed by atoms with van der Waals surface area (Å²) in [7, 11) is 0. The van der Waals surface area contributed by atoms with E-state index >= 15 is 0 Å². The lowest BCUT2D eigenvalue weighted by atomic mass is 9.74. The first-order valence-corrected chi connectivity index (χ1v) is 6.72. The number of carbonyl (C=O) groups is 2. The molecular formula is C13H24N2O3. The second-order valence-electron chi connectivity index (χ2n) is 5.20. The molecule has 1 unspecified atom stereocenters. The van der Waals surface area contributed by atoms with Gasteiger partial charge in [0.05, 0.1) is 0 Å². The first-order chi connectivity index (χ1) is 8.44. The Morgan fingerprint density at radius 3 is 2.17 bits per heavy atom. The number of amides is 2. The van der Waals surface area contributed by atoms with Crippen molar-refractivity contribution in [3.05, 3.63) is 0 Å². The predicted octanol–water partition coefficient (Wildman–Crippen LogP) is 2.07. The first kappa shape index (κ1) is 14.8. The van der Waals surface area contributed by atoms with Gasteiger partial charge in [-0.2, -0.15) is 0 Å². The normalized spacial score (nSPS) is 20.3. The van der Waals surface area contributed by atoms with Gasteiger partial charge in [0.1, 0.15) is 6.04 Å². The molecule has 1 aliphatic rings. The van der Waals surface area contributed by atoms with E-state index in [0.717, 1.165) is 38.8 Å². The fourth-order valence-corrected chi connectivity index (χ4v) is 2.48. The third-order valence-corrected chi connectivity index (χ3v) is 4.32. The van der Waals surface area contributed by atoms with E-state index in [1.807, 2.05) is 0 Å². The lowest BCUT2D eigenvalue weighted by molar-refractivity contribution is -0.138. The molecule has 104 valence electrons. The predicted molar refractivity (Wildman–Crippen MR) is 69.5 cm³/mol. The lowest BCUT2D eigenvalue weighted by Gasteiger charge is -2.41. The largest absolute Gasteiger partial charge is 0.480 e. The first-order valence-electron chi connectivity index (χ1n) is 6.72. The molecule has 1 heterocycles. The fourth-order valence-electron chi connectivity index (χ4n) is 2.48. The molecule has 2 amide bonds. The van der Waals surface area contributed by atoms with Crippen molar-refractivity contribution >= 4 is 12.0 Å². The molecule has 1 aliphatic heterocycles. The highest BCUT2D eigenvalue weighted by atomic mass is 16.4. The highest BCUT2D eigenvalue weighted by Crippen LogP contribution is 2.37. The van der Waals surface area contributed by atoms with Gasteiger partial charge in [-0.25, -0.2) is 4.79 Å². The number of piperidine rings is 1. The monoisotopic (exact) mass is 256 g/mol. The molecule has 1 saturated heterocycles. The third kappa shape index (κ3) is 3.37. The Morgan fingerprint density at radius 1 is 1.28 bits per heavy atom. The van der Waals surface area contributed by atoms with Gasteiger partial charge < -0.3 is 15.3 Å². The number of likely N-dealkylation sites (tertiary alicyclic amines) is 1. The molecule has 0 radical (unpaired) electrons. The van der Waals surface area contributed by atoms with Gasteiger partial charge in [-0.3, -0.25) is 4.79 Å². The summed E-state index contributed by atoms with van der Waals surface area (Å²) in [5.74, 6) is -1.00. The van der Waals surface area contributed by atoms with Crippen molar-refractivity contribution in [3.8, 4) is 0 Å². The zero-order chi connectivity index (χ0) is 13.8. The Morgan fingerprint density at radius 2 is 1.78 bits per heavy atom. The summed E-state index contributed by atoms with van der Waals surface area (Å²) in [6, 6.07) is -1.09. The summed E-state index contributed by atoms with van der Waals surface area (Å²) in [5, 5.41) is 11.3. The Bertz CT molecular complexity index is 303. The molecule has 0 aromatic carbocycles. The van der Waals surface area contributed by atoms with Crippen LogP contribution in [0.1, 0.15) is 46.5 Å². The van der Waals surface area contributed by atoms with E-state index in [2.05, 4.69) is 19.2 Å². The standard InChI is InChI=1S/C13H24N2O3/c1-4-13(5-2)6-8-15(9-7-13)12(18)14-10(3)11(16)17/h10H,4-9H2,1-3H3,(H,14,18)(H,16,17). The van der Waals surface area contributed by atoms with Crippen LogP contribution in [0.4, 0.5) is 4.79 Å². The molecule has 5 nitrogen and oxygen atoms in total. The van der Waals surface area contributed by atoms with Crippen molar-refractivity contribution in [3.63, 3.8) is 0 Å². The van der Waals surface area contributed by atoms with Gasteiger partial charge >= 0.3 is 12.0 Å². The Labute approximate surface area is 109 Å². The number of carboxylic acids is 1. The van der Waals surface area contributed by atoms with Gasteiger partial charge in [-0.05, 0) is 25.2 Å². The number of aliphatic carboxylic acids is 1. The fraction of sp³-hybridized carbons (Fsp3) is 0.846. The minimum Gasteiger partial charge on any atom is -0.480 e. The molecule has 0 aromatic rings. The summed E-state index contributed by atoms with van der Waals surface area (Å²) < 4.78 is 0. The Hall–Kier alpha value is -1.26. The number of urea groups is 1. The molecular weight excluding hydrogens is 232 g/mol. The van der Waals surface area contributed by atoms with E-state index in [0.29, 0.717) is 5.41 Å². The maximum atomic E-state index is 11.9. The van der Waals surface area contributed by atoms with Crippen molar-refractivity contribution in [1.29, 1.82) is 0 Å². The van der Waals surface area contributed by atoms with E-state index < -0.39 is 12.0 Å². The molecule has 18 heavy (non-hydrogen) atoms. The average Bonchev–Trinajstić information content (AvgIpc) is 2.38. The van der Waals surface area contributed by atoms with E-state index in [1.165, 1.54) is 6.92 Å². The molecule has 0 aromatic heterocycles. The van der Waals surface area contributed by atoms with Gasteiger partial charge in [-0.15, -0.1) is 0 Å². The van der Waals surface area contributed by atoms with Gasteiger partial charge in [0, 0.05) is 13.1 Å². The van der Waals surface area contributed by atoms with Crippen molar-refractivity contribution in [2.45, 2.75) is 52.5 Å². The minimum atomic E-state index is -1.00. The highest BCUT2D eigenvalue weighted by Gasteiger charge is 2.33. The van der Waals surface area contributed by atoms with Crippen LogP contribution in [0.3, 0.4) is 0 Å². The van der Waals surface area contributed by atoms with Crippen molar-refractivity contribution in [2.75, 3.05) is 13.1 Å². The van der Waals surface area contributed by atoms with E-state index in [9.17, 15) is 9.59 Å². The maximum Gasteiger partial charge on any atom is 0.325 e. The average molecular weight is 256 g/mol. The lowest BCUT2D eigenvalue weighted by Crippen LogP contribution is -2.50. The zero-order valence-electron chi connectivity index (χ0n) is 11.5. The van der Waals surface area contributed by atoms with E-state index in [1.54, 1.807) is 4.90 Å². The molecule has 0 spiro atoms. The second-order valence-corrected chi connectivity index (χ2v) is 5.20. The highest BCUT2D eigenvalue weighted by molar-refractivity contribution is 5.82. The van der Waals surface area contributed by atoms with Crippen LogP contribution in [0, 0.1) is 5.41 Å². The Balaban J connectivity index is 2.48. The van der Waals surface area contributed by atoms with Crippen LogP contribution in [0.25, 0.3) is 0 Å². The number of carboxylic acid groups (broad SMARTS) is 1. The van der Waals surface area contributed by atoms with Crippen LogP contribution in [0.2, 0.25) is 0 Å². The van der Waals surface area contributed by atoms with Crippen LogP contribution in [0.15, 0.2) is 0 Å². The number of hydrogen-bond acceptors (Lipinski definition) is 2. The maximum absolute atomic E-state index is 11.9. The van der Waals surface area contributed by atoms with Crippen LogP contribution in [-0.2, 0) is 4.79 Å². The molecule has 0 saturated carbocycles. The summed E-state index contributed by atoms with van der Waals surface area (Å²) in [4.78, 5) is 24.3. The summed E-state index contributed by atoms with van der Waals surface area (Å²) in [5.41, 5.74) is 0.370. The summed E-state index contributed by atoms with van der Waals surface area (Å²) in [6.45, 7) is 7.32. The van der Waals surface area contributed by atoms with Crippen molar-refractivity contribution in [2.24, 2.45) is 5.41 Å². The number of rotatable bonds is 4. The molecule has 1 rings (SSSR count). The second kappa shape index (κ2) is 6.07. The van der Waals surface area contributed by atoms with Gasteiger partial charge in [-0.1, -0.05) is 26.7 Å². The van der Waals surface area contributed by atoms with Crippen LogP contribution in [-0.4, -0.2) is 41.1 Å². The van der Waals surface area contributed by atoms with Gasteiger partial charge in [0.25, 0.3) is 0 Å². The minimum absolute atomic E-state index is 0.259. The van der Waals surface area contributed by atoms with E-state index in [4.69, 9.17) is 5.11 Å². The molecule has 0 aliphatic carbocycles. The molecule has 1 fully saturated rings. The molecule has 5 heteroatoms. The Kier molecular flexibility index (Phi) is 4.99. The smallest absolute Gasteiger partial charge is 0.325 e. The summed E-state index contributed by atoms with van der Waals surface area (Å²) >= 11 is 0. The topological polar surface area (TPSA) is 69.6 Å². The number of nitrogens with one attached hydrogen (secondary N) is 1. The number of carbonyl (C=O) groups excluding carboxylic acids is 1. The van der Waals surface area contributed by atoms with Crippen LogP contribution >= 0.6 is 0 Å². The molecule has 2 N–H and O–H groups in total. The van der Waals surface area contributed by atoms with E-state index in [-0.39, 0.29) is 6.03 Å². The van der Waals surface area contributed by atoms with Crippen LogP contribution < -0.4 is 5.32 Å². The van der Waals surface area contributed by atoms with Gasteiger partial charge in [0.2, 0.25) is 0 Å². The molecule has 1 atom stereocenters. The van der Waals surface area contributed by atoms with Crippen molar-refractivity contribution in [1.82, 2.24) is 10.2 Å². The molecule has 0 bridgehead atoms. The SMILES string of the molecule is CCC1(CC)CCN(C(=O)NC(C)C(=O)O)CC1.